The molecule has 3 heterocycles. The summed E-state index contributed by atoms with van der Waals surface area (Å²) in [5, 5.41) is 16.8. The van der Waals surface area contributed by atoms with E-state index >= 15 is 0 Å². The number of carbonyl (C=O) groups excluding carboxylic acids is 4. The third kappa shape index (κ3) is 10.5. The molecule has 2 aliphatic heterocycles. The first-order valence-electron chi connectivity index (χ1n) is 17.1. The number of fused-ring (bicyclic) bond motifs is 1. The highest BCUT2D eigenvalue weighted by Crippen LogP contribution is 2.26. The van der Waals surface area contributed by atoms with Gasteiger partial charge in [0, 0.05) is 11.9 Å². The Hall–Kier alpha value is -4.60. The average Bonchev–Trinajstić information content (AvgIpc) is 3.08. The number of benzene rings is 1. The van der Waals surface area contributed by atoms with Crippen molar-refractivity contribution >= 4 is 46.8 Å². The summed E-state index contributed by atoms with van der Waals surface area (Å²) in [5.74, 6) is -3.58. The van der Waals surface area contributed by atoms with E-state index in [1.54, 1.807) is 40.7 Å². The van der Waals surface area contributed by atoms with Crippen LogP contribution >= 0.6 is 0 Å². The normalized spacial score (nSPS) is 21.5. The van der Waals surface area contributed by atoms with Crippen molar-refractivity contribution in [2.75, 3.05) is 26.4 Å². The molecule has 0 spiro atoms. The molecule has 0 saturated carbocycles. The van der Waals surface area contributed by atoms with Crippen molar-refractivity contribution < 1.29 is 48.0 Å². The molecular formula is C36H49N5O10. The minimum atomic E-state index is -1.66. The van der Waals surface area contributed by atoms with Gasteiger partial charge >= 0.3 is 18.0 Å². The molecule has 2 saturated heterocycles. The van der Waals surface area contributed by atoms with Crippen LogP contribution in [0.25, 0.3) is 17.0 Å². The minimum Gasteiger partial charge on any atom is -0.480 e. The van der Waals surface area contributed by atoms with E-state index in [2.05, 4.69) is 16.1 Å². The molecule has 0 bridgehead atoms. The third-order valence-corrected chi connectivity index (χ3v) is 8.29. The number of rotatable bonds is 11. The smallest absolute Gasteiger partial charge is 0.408 e. The van der Waals surface area contributed by atoms with E-state index in [0.29, 0.717) is 29.6 Å². The highest BCUT2D eigenvalue weighted by atomic mass is 16.6. The zero-order valence-electron chi connectivity index (χ0n) is 30.2. The number of nitrogens with zero attached hydrogens (tertiary/aromatic N) is 2. The maximum Gasteiger partial charge on any atom is 0.408 e. The molecule has 2 aromatic rings. The van der Waals surface area contributed by atoms with Gasteiger partial charge < -0.3 is 34.7 Å². The van der Waals surface area contributed by atoms with Crippen molar-refractivity contribution in [3.8, 4) is 0 Å². The molecular weight excluding hydrogens is 662 g/mol. The van der Waals surface area contributed by atoms with Crippen molar-refractivity contribution in [2.24, 2.45) is 5.92 Å². The van der Waals surface area contributed by atoms with Crippen molar-refractivity contribution in [2.45, 2.75) is 96.7 Å². The second-order valence-corrected chi connectivity index (χ2v) is 14.1. The summed E-state index contributed by atoms with van der Waals surface area (Å²) in [6.07, 6.45) is 2.27. The number of esters is 1. The first-order valence-corrected chi connectivity index (χ1v) is 17.1. The lowest BCUT2D eigenvalue weighted by molar-refractivity contribution is -0.195. The van der Waals surface area contributed by atoms with Crippen LogP contribution in [-0.2, 0) is 38.1 Å². The molecule has 4 N–H and O–H groups in total. The maximum absolute atomic E-state index is 13.8. The van der Waals surface area contributed by atoms with E-state index in [0.717, 1.165) is 5.39 Å². The molecule has 4 rings (SSSR count). The number of carboxylic acid groups (broad SMARTS) is 1. The minimum absolute atomic E-state index is 0.106. The van der Waals surface area contributed by atoms with Gasteiger partial charge in [-0.1, -0.05) is 38.1 Å². The van der Waals surface area contributed by atoms with Gasteiger partial charge in [-0.2, -0.15) is 0 Å². The van der Waals surface area contributed by atoms with Gasteiger partial charge in [0.05, 0.1) is 37.1 Å². The molecule has 4 unspecified atom stereocenters. The summed E-state index contributed by atoms with van der Waals surface area (Å²) >= 11 is 0. The Morgan fingerprint density at radius 3 is 2.45 bits per heavy atom. The molecule has 2 fully saturated rings. The first kappa shape index (κ1) is 39.2. The number of nitrogens with one attached hydrogen (secondary N) is 3. The summed E-state index contributed by atoms with van der Waals surface area (Å²) in [7, 11) is 0. The van der Waals surface area contributed by atoms with Crippen LogP contribution in [0.15, 0.2) is 36.4 Å². The van der Waals surface area contributed by atoms with E-state index in [-0.39, 0.29) is 26.4 Å². The van der Waals surface area contributed by atoms with Gasteiger partial charge in [0.2, 0.25) is 5.60 Å². The van der Waals surface area contributed by atoms with Crippen molar-refractivity contribution in [1.29, 1.82) is 0 Å². The second-order valence-electron chi connectivity index (χ2n) is 14.1. The second kappa shape index (κ2) is 16.6. The quantitative estimate of drug-likeness (QED) is 0.249. The Kier molecular flexibility index (Phi) is 12.8. The van der Waals surface area contributed by atoms with Crippen molar-refractivity contribution in [1.82, 2.24) is 26.1 Å². The van der Waals surface area contributed by atoms with Gasteiger partial charge in [-0.3, -0.25) is 24.4 Å². The van der Waals surface area contributed by atoms with E-state index in [9.17, 15) is 29.1 Å². The molecule has 1 aromatic carbocycles. The van der Waals surface area contributed by atoms with Crippen LogP contribution < -0.4 is 16.1 Å². The summed E-state index contributed by atoms with van der Waals surface area (Å²) in [6.45, 7) is 12.6. The van der Waals surface area contributed by atoms with Gasteiger partial charge in [0.15, 0.2) is 6.10 Å². The number of amides is 3. The Labute approximate surface area is 297 Å². The predicted molar refractivity (Wildman–Crippen MR) is 186 cm³/mol. The molecule has 3 amide bonds. The Morgan fingerprint density at radius 2 is 1.80 bits per heavy atom. The predicted octanol–water partition coefficient (Wildman–Crippen LogP) is 3.27. The third-order valence-electron chi connectivity index (χ3n) is 8.29. The number of carbonyl (C=O) groups is 5. The van der Waals surface area contributed by atoms with Crippen molar-refractivity contribution in [3.63, 3.8) is 0 Å². The average molecular weight is 712 g/mol. The number of aromatic nitrogens is 1. The van der Waals surface area contributed by atoms with Crippen LogP contribution in [-0.4, -0.2) is 101 Å². The van der Waals surface area contributed by atoms with Gasteiger partial charge in [-0.25, -0.2) is 15.0 Å². The summed E-state index contributed by atoms with van der Waals surface area (Å²) in [5.41, 5.74) is 2.37. The molecule has 0 radical (unpaired) electrons. The largest absolute Gasteiger partial charge is 0.480 e. The van der Waals surface area contributed by atoms with Gasteiger partial charge in [0.25, 0.3) is 11.8 Å². The van der Waals surface area contributed by atoms with Crippen LogP contribution in [0, 0.1) is 5.92 Å². The van der Waals surface area contributed by atoms with Crippen LogP contribution in [0.2, 0.25) is 0 Å². The fourth-order valence-corrected chi connectivity index (χ4v) is 5.54. The number of hydrogen-bond donors (Lipinski definition) is 4. The number of carboxylic acids is 1. The molecule has 15 heteroatoms. The molecule has 51 heavy (non-hydrogen) atoms. The Balaban J connectivity index is 1.47. The van der Waals surface area contributed by atoms with Crippen molar-refractivity contribution in [3.05, 3.63) is 47.7 Å². The Bertz CT molecular complexity index is 1630. The highest BCUT2D eigenvalue weighted by Gasteiger charge is 2.44. The lowest BCUT2D eigenvalue weighted by atomic mass is 10.0. The molecule has 0 aliphatic carbocycles. The number of hydrogen-bond acceptors (Lipinski definition) is 11. The summed E-state index contributed by atoms with van der Waals surface area (Å²) < 4.78 is 22.7. The number of hydrazine groups is 1. The monoisotopic (exact) mass is 711 g/mol. The zero-order chi connectivity index (χ0) is 37.5. The Morgan fingerprint density at radius 1 is 1.08 bits per heavy atom. The van der Waals surface area contributed by atoms with Crippen LogP contribution in [0.3, 0.4) is 0 Å². The molecule has 278 valence electrons. The van der Waals surface area contributed by atoms with Gasteiger partial charge in [-0.15, -0.1) is 0 Å². The summed E-state index contributed by atoms with van der Waals surface area (Å²) in [4.78, 5) is 68.6. The molecule has 1 aromatic heterocycles. The summed E-state index contributed by atoms with van der Waals surface area (Å²) in [6, 6.07) is 6.93. The van der Waals surface area contributed by atoms with Gasteiger partial charge in [-0.05, 0) is 77.2 Å². The number of ether oxygens (including phenoxy) is 4. The van der Waals surface area contributed by atoms with Crippen LogP contribution in [0.4, 0.5) is 4.79 Å². The SMILES string of the molecule is CC(NC(=O)C(OC(=O)C1(/C=C/c2ccc3ccc([C@@H](C)NC(=O)OC(C)(C)C)nc3c2)COCCO1)C(C)C)C(=O)N1CCCC(C(=O)O)N1. The maximum atomic E-state index is 13.8. The van der Waals surface area contributed by atoms with E-state index in [4.69, 9.17) is 23.9 Å². The lowest BCUT2D eigenvalue weighted by Gasteiger charge is -2.35. The lowest BCUT2D eigenvalue weighted by Crippen LogP contribution is -2.60. The number of pyridine rings is 1. The fraction of sp³-hybridized carbons (Fsp3) is 0.556. The highest BCUT2D eigenvalue weighted by molar-refractivity contribution is 5.92. The van der Waals surface area contributed by atoms with E-state index in [1.807, 2.05) is 37.3 Å². The van der Waals surface area contributed by atoms with Crippen LogP contribution in [0.1, 0.15) is 78.6 Å². The first-order chi connectivity index (χ1) is 24.0. The van der Waals surface area contributed by atoms with E-state index in [1.165, 1.54) is 18.0 Å². The standard InChI is InChI=1S/C36H49N5O10/c1-21(2)29(30(42)37-23(4)31(43)41-16-8-9-27(40-41)32(44)45)50-33(46)36(20-48-17-18-49-36)15-14-24-10-11-25-12-13-26(39-28(25)19-24)22(3)38-34(47)51-35(5,6)7/h10-15,19,21-23,27,29,40H,8-9,16-18,20H2,1-7H3,(H,37,42)(H,38,47)(H,44,45)/b15-14+/t22-,23?,27?,29?,36?/m1/s1. The van der Waals surface area contributed by atoms with Gasteiger partial charge in [0.1, 0.15) is 17.7 Å². The van der Waals surface area contributed by atoms with Crippen LogP contribution in [0.5, 0.6) is 0 Å². The fourth-order valence-electron chi connectivity index (χ4n) is 5.54. The number of aliphatic carboxylic acids is 1. The number of alkyl carbamates (subject to hydrolysis) is 1. The molecule has 2 aliphatic rings. The molecule has 5 atom stereocenters. The topological polar surface area (TPSA) is 195 Å². The molecule has 15 nitrogen and oxygen atoms in total. The van der Waals surface area contributed by atoms with E-state index < -0.39 is 71.2 Å². The zero-order valence-corrected chi connectivity index (χ0v) is 30.2.